The molecule has 6 N–H and O–H groups in total. The zero-order chi connectivity index (χ0) is 17.9. The van der Waals surface area contributed by atoms with Crippen molar-refractivity contribution in [2.75, 3.05) is 10.6 Å². The maximum absolute atomic E-state index is 12.3. The van der Waals surface area contributed by atoms with Gasteiger partial charge in [-0.3, -0.25) is 14.9 Å². The summed E-state index contributed by atoms with van der Waals surface area (Å²) >= 11 is 6.82. The predicted molar refractivity (Wildman–Crippen MR) is 94.5 cm³/mol. The number of anilines is 2. The van der Waals surface area contributed by atoms with Gasteiger partial charge in [0.1, 0.15) is 5.00 Å². The van der Waals surface area contributed by atoms with Crippen LogP contribution in [0.15, 0.2) is 30.3 Å². The first-order valence-corrected chi connectivity index (χ1v) is 8.03. The highest BCUT2D eigenvalue weighted by Gasteiger charge is 2.19. The highest BCUT2D eigenvalue weighted by Crippen LogP contribution is 2.32. The lowest BCUT2D eigenvalue weighted by Crippen LogP contribution is -2.21. The number of carbonyl (C=O) groups is 3. The molecule has 9 heteroatoms. The molecular weight excluding hydrogens is 352 g/mol. The van der Waals surface area contributed by atoms with Gasteiger partial charge in [-0.2, -0.15) is 0 Å². The van der Waals surface area contributed by atoms with Crippen LogP contribution in [0.1, 0.15) is 28.8 Å². The van der Waals surface area contributed by atoms with Gasteiger partial charge in [0, 0.05) is 5.02 Å². The number of nitrogens with two attached hydrogens (primary N) is 2. The number of hydrogen-bond acceptors (Lipinski definition) is 4. The second-order valence-electron chi connectivity index (χ2n) is 4.97. The fourth-order valence-corrected chi connectivity index (χ4v) is 3.07. The van der Waals surface area contributed by atoms with E-state index in [-0.39, 0.29) is 16.5 Å². The minimum Gasteiger partial charge on any atom is -0.366 e. The quantitative estimate of drug-likeness (QED) is 0.649. The third kappa shape index (κ3) is 4.24. The van der Waals surface area contributed by atoms with Crippen molar-refractivity contribution < 1.29 is 14.4 Å². The summed E-state index contributed by atoms with van der Waals surface area (Å²) in [6, 6.07) is 7.49. The van der Waals surface area contributed by atoms with E-state index in [2.05, 4.69) is 10.6 Å². The van der Waals surface area contributed by atoms with Crippen molar-refractivity contribution in [2.24, 2.45) is 11.5 Å². The molecule has 1 unspecified atom stereocenters. The molecule has 0 fully saturated rings. The number of thiophene rings is 1. The summed E-state index contributed by atoms with van der Waals surface area (Å²) in [6.07, 6.45) is 0. The van der Waals surface area contributed by atoms with E-state index >= 15 is 0 Å². The van der Waals surface area contributed by atoms with Crippen LogP contribution in [-0.4, -0.2) is 17.8 Å². The smallest absolute Gasteiger partial charge is 0.317 e. The Labute approximate surface area is 147 Å². The highest BCUT2D eigenvalue weighted by molar-refractivity contribution is 7.20. The van der Waals surface area contributed by atoms with Gasteiger partial charge in [-0.15, -0.1) is 0 Å². The van der Waals surface area contributed by atoms with Crippen molar-refractivity contribution in [1.82, 2.24) is 0 Å². The van der Waals surface area contributed by atoms with Crippen LogP contribution in [0.3, 0.4) is 0 Å². The zero-order valence-electron chi connectivity index (χ0n) is 12.6. The van der Waals surface area contributed by atoms with Crippen LogP contribution in [0.4, 0.5) is 14.8 Å². The molecule has 0 saturated carbocycles. The number of primary amides is 2. The average molecular weight is 367 g/mol. The van der Waals surface area contributed by atoms with E-state index in [0.717, 1.165) is 16.9 Å². The molecule has 0 aliphatic carbocycles. The normalized spacial score (nSPS) is 11.6. The van der Waals surface area contributed by atoms with Crippen LogP contribution in [0.25, 0.3) is 0 Å². The molecule has 1 atom stereocenters. The Morgan fingerprint density at radius 3 is 2.29 bits per heavy atom. The lowest BCUT2D eigenvalue weighted by molar-refractivity contribution is -0.117. The van der Waals surface area contributed by atoms with E-state index < -0.39 is 17.9 Å². The Morgan fingerprint density at radius 2 is 1.75 bits per heavy atom. The molecule has 4 amide bonds. The Hall–Kier alpha value is -2.58. The molecule has 7 nitrogen and oxygen atoms in total. The number of benzene rings is 1. The Kier molecular flexibility index (Phi) is 5.42. The summed E-state index contributed by atoms with van der Waals surface area (Å²) in [6.45, 7) is 1.74. The first-order chi connectivity index (χ1) is 11.3. The first kappa shape index (κ1) is 17.8. The summed E-state index contributed by atoms with van der Waals surface area (Å²) in [5.74, 6) is -1.45. The number of nitrogens with one attached hydrogen (secondary N) is 2. The fraction of sp³-hybridized carbons (Fsp3) is 0.133. The topological polar surface area (TPSA) is 127 Å². The van der Waals surface area contributed by atoms with Gasteiger partial charge in [-0.05, 0) is 30.7 Å². The van der Waals surface area contributed by atoms with Crippen molar-refractivity contribution >= 4 is 50.8 Å². The van der Waals surface area contributed by atoms with Crippen molar-refractivity contribution in [1.29, 1.82) is 0 Å². The van der Waals surface area contributed by atoms with Gasteiger partial charge in [0.2, 0.25) is 5.91 Å². The van der Waals surface area contributed by atoms with Crippen LogP contribution in [0.5, 0.6) is 0 Å². The Balaban J connectivity index is 2.17. The maximum atomic E-state index is 12.3. The summed E-state index contributed by atoms with van der Waals surface area (Å²) in [5, 5.41) is 6.14. The molecule has 2 aromatic rings. The van der Waals surface area contributed by atoms with Gasteiger partial charge in [0.05, 0.1) is 16.5 Å². The SMILES string of the molecule is CC(C(=O)Nc1cc(C(N)=O)c(NC(N)=O)s1)c1ccc(Cl)cc1. The molecular formula is C15H15ClN4O3S. The summed E-state index contributed by atoms with van der Waals surface area (Å²) in [4.78, 5) is 34.7. The number of rotatable bonds is 5. The van der Waals surface area contributed by atoms with E-state index in [9.17, 15) is 14.4 Å². The molecule has 126 valence electrons. The fourth-order valence-electron chi connectivity index (χ4n) is 1.97. The third-order valence-electron chi connectivity index (χ3n) is 3.24. The second-order valence-corrected chi connectivity index (χ2v) is 6.46. The molecule has 0 aliphatic rings. The van der Waals surface area contributed by atoms with E-state index in [1.54, 1.807) is 31.2 Å². The van der Waals surface area contributed by atoms with Crippen LogP contribution in [0.2, 0.25) is 5.02 Å². The summed E-state index contributed by atoms with van der Waals surface area (Å²) < 4.78 is 0. The van der Waals surface area contributed by atoms with E-state index in [4.69, 9.17) is 23.1 Å². The molecule has 24 heavy (non-hydrogen) atoms. The number of urea groups is 1. The van der Waals surface area contributed by atoms with E-state index in [0.29, 0.717) is 10.0 Å². The Bertz CT molecular complexity index is 789. The summed E-state index contributed by atoms with van der Waals surface area (Å²) in [5.41, 5.74) is 11.2. The van der Waals surface area contributed by atoms with Gasteiger partial charge in [0.15, 0.2) is 0 Å². The molecule has 0 aliphatic heterocycles. The molecule has 0 spiro atoms. The molecule has 0 saturated heterocycles. The first-order valence-electron chi connectivity index (χ1n) is 6.84. The number of amides is 4. The van der Waals surface area contributed by atoms with Crippen LogP contribution in [0, 0.1) is 0 Å². The largest absolute Gasteiger partial charge is 0.366 e. The van der Waals surface area contributed by atoms with E-state index in [1.165, 1.54) is 6.07 Å². The second kappa shape index (κ2) is 7.33. The van der Waals surface area contributed by atoms with Gasteiger partial charge in [-0.25, -0.2) is 4.79 Å². The Morgan fingerprint density at radius 1 is 1.12 bits per heavy atom. The summed E-state index contributed by atoms with van der Waals surface area (Å²) in [7, 11) is 0. The minimum absolute atomic E-state index is 0.0771. The zero-order valence-corrected chi connectivity index (χ0v) is 14.2. The van der Waals surface area contributed by atoms with Gasteiger partial charge in [0.25, 0.3) is 5.91 Å². The maximum Gasteiger partial charge on any atom is 0.317 e. The van der Waals surface area contributed by atoms with Crippen LogP contribution < -0.4 is 22.1 Å². The lowest BCUT2D eigenvalue weighted by Gasteiger charge is -2.11. The van der Waals surface area contributed by atoms with Gasteiger partial charge < -0.3 is 16.8 Å². The molecule has 2 rings (SSSR count). The highest BCUT2D eigenvalue weighted by atomic mass is 35.5. The number of carbonyl (C=O) groups excluding carboxylic acids is 3. The van der Waals surface area contributed by atoms with Gasteiger partial charge >= 0.3 is 6.03 Å². The minimum atomic E-state index is -0.827. The van der Waals surface area contributed by atoms with Crippen LogP contribution >= 0.6 is 22.9 Å². The molecule has 1 aromatic heterocycles. The monoisotopic (exact) mass is 366 g/mol. The van der Waals surface area contributed by atoms with E-state index in [1.807, 2.05) is 0 Å². The van der Waals surface area contributed by atoms with Crippen molar-refractivity contribution in [3.05, 3.63) is 46.5 Å². The van der Waals surface area contributed by atoms with Crippen LogP contribution in [-0.2, 0) is 4.79 Å². The third-order valence-corrected chi connectivity index (χ3v) is 4.46. The van der Waals surface area contributed by atoms with Crippen molar-refractivity contribution in [2.45, 2.75) is 12.8 Å². The molecule has 1 heterocycles. The van der Waals surface area contributed by atoms with Crippen molar-refractivity contribution in [3.63, 3.8) is 0 Å². The average Bonchev–Trinajstić information content (AvgIpc) is 2.89. The van der Waals surface area contributed by atoms with Crippen molar-refractivity contribution in [3.8, 4) is 0 Å². The molecule has 0 bridgehead atoms. The number of halogens is 1. The lowest BCUT2D eigenvalue weighted by atomic mass is 10.0. The molecule has 1 aromatic carbocycles. The predicted octanol–water partition coefficient (Wildman–Crippen LogP) is 2.73. The van der Waals surface area contributed by atoms with Gasteiger partial charge in [-0.1, -0.05) is 35.1 Å². The standard InChI is InChI=1S/C15H15ClN4O3S/c1-7(8-2-4-9(16)5-3-8)13(22)19-11-6-10(12(17)21)14(24-11)20-15(18)23/h2-7H,1H3,(H2,17,21)(H,19,22)(H3,18,20,23). The number of hydrogen-bond donors (Lipinski definition) is 4. The molecule has 0 radical (unpaired) electrons.